The van der Waals surface area contributed by atoms with Crippen LogP contribution < -0.4 is 4.72 Å². The van der Waals surface area contributed by atoms with Crippen molar-refractivity contribution < 1.29 is 21.3 Å². The molecule has 0 saturated heterocycles. The first-order valence-corrected chi connectivity index (χ1v) is 10.2. The van der Waals surface area contributed by atoms with Crippen molar-refractivity contribution >= 4 is 31.6 Å². The van der Waals surface area contributed by atoms with E-state index in [9.17, 15) is 16.8 Å². The van der Waals surface area contributed by atoms with Crippen LogP contribution in [0.5, 0.6) is 0 Å². The van der Waals surface area contributed by atoms with E-state index in [2.05, 4.69) is 4.72 Å². The topological polar surface area (TPSA) is 96.7 Å². The van der Waals surface area contributed by atoms with E-state index in [1.54, 1.807) is 6.07 Å². The quantitative estimate of drug-likeness (QED) is 0.775. The van der Waals surface area contributed by atoms with Crippen molar-refractivity contribution in [2.24, 2.45) is 0 Å². The van der Waals surface area contributed by atoms with Crippen molar-refractivity contribution in [3.63, 3.8) is 0 Å². The average Bonchev–Trinajstić information content (AvgIpc) is 3.01. The number of nitrogens with zero attached hydrogens (tertiary/aromatic N) is 1. The Morgan fingerprint density at radius 2 is 1.75 bits per heavy atom. The summed E-state index contributed by atoms with van der Waals surface area (Å²) in [6.45, 7) is -0.362. The van der Waals surface area contributed by atoms with Gasteiger partial charge in [0, 0.05) is 25.7 Å². The Morgan fingerprint density at radius 3 is 2.25 bits per heavy atom. The molecule has 0 fully saturated rings. The van der Waals surface area contributed by atoms with Crippen LogP contribution in [0, 0.1) is 0 Å². The van der Waals surface area contributed by atoms with Crippen molar-refractivity contribution in [1.82, 2.24) is 9.03 Å². The van der Waals surface area contributed by atoms with Crippen LogP contribution in [0.4, 0.5) is 0 Å². The molecule has 0 saturated carbocycles. The second kappa shape index (κ2) is 7.24. The molecule has 0 radical (unpaired) electrons. The summed E-state index contributed by atoms with van der Waals surface area (Å²) < 4.78 is 57.9. The van der Waals surface area contributed by atoms with Gasteiger partial charge in [-0.25, -0.2) is 13.1 Å². The van der Waals surface area contributed by atoms with Gasteiger partial charge in [-0.2, -0.15) is 12.7 Å². The van der Waals surface area contributed by atoms with Gasteiger partial charge in [0.1, 0.15) is 11.0 Å². The predicted octanol–water partition coefficient (Wildman–Crippen LogP) is 1.84. The third-order valence-corrected chi connectivity index (χ3v) is 7.13. The molecule has 10 heteroatoms. The molecule has 1 heterocycles. The lowest BCUT2D eigenvalue weighted by Gasteiger charge is -2.18. The summed E-state index contributed by atoms with van der Waals surface area (Å²) in [5.74, 6) is 0.145. The van der Waals surface area contributed by atoms with E-state index in [-0.39, 0.29) is 17.2 Å². The highest BCUT2D eigenvalue weighted by molar-refractivity contribution is 7.91. The molecule has 0 spiro atoms. The molecule has 24 heavy (non-hydrogen) atoms. The SMILES string of the molecule is CN(C)S(=O)(=O)NCC(c1ccco1)S(=O)(=O)c1ccc(Cl)cc1. The Hall–Kier alpha value is -1.39. The van der Waals surface area contributed by atoms with E-state index in [0.29, 0.717) is 5.02 Å². The van der Waals surface area contributed by atoms with Gasteiger partial charge in [-0.1, -0.05) is 11.6 Å². The van der Waals surface area contributed by atoms with Gasteiger partial charge in [-0.3, -0.25) is 0 Å². The highest BCUT2D eigenvalue weighted by atomic mass is 35.5. The maximum atomic E-state index is 12.9. The van der Waals surface area contributed by atoms with Crippen LogP contribution in [0.2, 0.25) is 5.02 Å². The molecule has 0 aliphatic carbocycles. The number of hydrogen-bond acceptors (Lipinski definition) is 5. The molecule has 1 N–H and O–H groups in total. The molecule has 1 aromatic carbocycles. The van der Waals surface area contributed by atoms with Crippen LogP contribution in [0.3, 0.4) is 0 Å². The smallest absolute Gasteiger partial charge is 0.278 e. The predicted molar refractivity (Wildman–Crippen MR) is 90.7 cm³/mol. The van der Waals surface area contributed by atoms with Crippen LogP contribution in [0.25, 0.3) is 0 Å². The van der Waals surface area contributed by atoms with Crippen molar-refractivity contribution in [3.05, 3.63) is 53.4 Å². The first-order valence-electron chi connectivity index (χ1n) is 6.84. The summed E-state index contributed by atoms with van der Waals surface area (Å²) >= 11 is 5.79. The van der Waals surface area contributed by atoms with Crippen LogP contribution in [-0.2, 0) is 20.0 Å². The van der Waals surface area contributed by atoms with Crippen LogP contribution >= 0.6 is 11.6 Å². The Kier molecular flexibility index (Phi) is 5.71. The Morgan fingerprint density at radius 1 is 1.12 bits per heavy atom. The summed E-state index contributed by atoms with van der Waals surface area (Å²) in [4.78, 5) is 0.0253. The average molecular weight is 393 g/mol. The van der Waals surface area contributed by atoms with E-state index in [1.807, 2.05) is 0 Å². The highest BCUT2D eigenvalue weighted by Crippen LogP contribution is 2.29. The molecule has 0 aliphatic heterocycles. The van der Waals surface area contributed by atoms with Gasteiger partial charge in [0.2, 0.25) is 0 Å². The number of benzene rings is 1. The maximum Gasteiger partial charge on any atom is 0.278 e. The summed E-state index contributed by atoms with van der Waals surface area (Å²) in [6.07, 6.45) is 1.33. The molecule has 0 aliphatic rings. The first kappa shape index (κ1) is 18.9. The molecule has 132 valence electrons. The number of nitrogens with one attached hydrogen (secondary N) is 1. The van der Waals surface area contributed by atoms with Crippen molar-refractivity contribution in [1.29, 1.82) is 0 Å². The molecule has 0 bridgehead atoms. The van der Waals surface area contributed by atoms with Crippen molar-refractivity contribution in [2.45, 2.75) is 10.1 Å². The largest absolute Gasteiger partial charge is 0.468 e. The van der Waals surface area contributed by atoms with Crippen LogP contribution in [0.1, 0.15) is 11.0 Å². The standard InChI is InChI=1S/C14H17ClN2O5S2/c1-17(2)24(20,21)16-10-14(13-4-3-9-22-13)23(18,19)12-7-5-11(15)6-8-12/h3-9,14,16H,10H2,1-2H3. The zero-order valence-corrected chi connectivity index (χ0v) is 15.4. The van der Waals surface area contributed by atoms with Gasteiger partial charge in [0.15, 0.2) is 9.84 Å². The minimum atomic E-state index is -3.89. The van der Waals surface area contributed by atoms with Gasteiger partial charge in [-0.05, 0) is 36.4 Å². The molecular weight excluding hydrogens is 376 g/mol. The number of rotatable bonds is 7. The van der Waals surface area contributed by atoms with Gasteiger partial charge in [0.05, 0.1) is 11.2 Å². The van der Waals surface area contributed by atoms with Gasteiger partial charge in [0.25, 0.3) is 10.2 Å². The normalized spacial score (nSPS) is 14.0. The lowest BCUT2D eigenvalue weighted by atomic mass is 10.3. The van der Waals surface area contributed by atoms with Gasteiger partial charge in [-0.15, -0.1) is 0 Å². The van der Waals surface area contributed by atoms with Crippen LogP contribution in [0.15, 0.2) is 52.0 Å². The van der Waals surface area contributed by atoms with Crippen molar-refractivity contribution in [3.8, 4) is 0 Å². The molecular formula is C14H17ClN2O5S2. The molecule has 7 nitrogen and oxygen atoms in total. The monoisotopic (exact) mass is 392 g/mol. The van der Waals surface area contributed by atoms with Crippen LogP contribution in [-0.4, -0.2) is 41.8 Å². The van der Waals surface area contributed by atoms with Gasteiger partial charge >= 0.3 is 0 Å². The fourth-order valence-corrected chi connectivity index (χ4v) is 4.39. The molecule has 1 atom stereocenters. The van der Waals surface area contributed by atoms with E-state index >= 15 is 0 Å². The number of hydrogen-bond donors (Lipinski definition) is 1. The Bertz CT molecular complexity index is 876. The summed E-state index contributed by atoms with van der Waals surface area (Å²) in [5.41, 5.74) is 0. The fraction of sp³-hybridized carbons (Fsp3) is 0.286. The molecule has 2 rings (SSSR count). The van der Waals surface area contributed by atoms with E-state index in [0.717, 1.165) is 4.31 Å². The lowest BCUT2D eigenvalue weighted by Crippen LogP contribution is -2.39. The molecule has 0 amide bonds. The Labute approximate surface area is 146 Å². The third kappa shape index (κ3) is 4.17. The lowest BCUT2D eigenvalue weighted by molar-refractivity contribution is 0.477. The zero-order valence-electron chi connectivity index (χ0n) is 13.0. The van der Waals surface area contributed by atoms with E-state index in [4.69, 9.17) is 16.0 Å². The maximum absolute atomic E-state index is 12.9. The fourth-order valence-electron chi connectivity index (χ4n) is 1.94. The summed E-state index contributed by atoms with van der Waals surface area (Å²) in [6, 6.07) is 8.68. The number of furan rings is 1. The third-order valence-electron chi connectivity index (χ3n) is 3.31. The second-order valence-electron chi connectivity index (χ2n) is 5.14. The summed E-state index contributed by atoms with van der Waals surface area (Å²) in [7, 11) is -4.97. The van der Waals surface area contributed by atoms with E-state index in [1.165, 1.54) is 50.7 Å². The highest BCUT2D eigenvalue weighted by Gasteiger charge is 2.32. The first-order chi connectivity index (χ1) is 11.1. The van der Waals surface area contributed by atoms with Gasteiger partial charge < -0.3 is 4.42 Å². The second-order valence-corrected chi connectivity index (χ2v) is 9.67. The number of sulfone groups is 1. The van der Waals surface area contributed by atoms with E-state index < -0.39 is 25.3 Å². The molecule has 2 aromatic rings. The zero-order chi connectivity index (χ0) is 18.0. The minimum Gasteiger partial charge on any atom is -0.468 e. The Balaban J connectivity index is 2.38. The van der Waals surface area contributed by atoms with Crippen molar-refractivity contribution in [2.75, 3.05) is 20.6 Å². The number of halogens is 1. The minimum absolute atomic E-state index is 0.0253. The summed E-state index contributed by atoms with van der Waals surface area (Å²) in [5, 5.41) is -0.805. The molecule has 1 unspecified atom stereocenters. The molecule has 1 aromatic heterocycles.